The third-order valence-electron chi connectivity index (χ3n) is 2.05. The number of carbonyl (C=O) groups excluding carboxylic acids is 8. The zero-order valence-electron chi connectivity index (χ0n) is 18.9. The predicted molar refractivity (Wildman–Crippen MR) is 119 cm³/mol. The Morgan fingerprint density at radius 2 is 0.379 bits per heavy atom. The van der Waals surface area contributed by atoms with Crippen LogP contribution in [0, 0.1) is 31.1 Å². The zero-order valence-corrected chi connectivity index (χ0v) is 23.1. The van der Waals surface area contributed by atoms with Crippen molar-refractivity contribution in [3.05, 3.63) is 0 Å². The van der Waals surface area contributed by atoms with Gasteiger partial charge in [-0.15, -0.1) is 0 Å². The Hall–Kier alpha value is -1.59. The average molecular weight is 647 g/mol. The third-order valence-corrected chi connectivity index (χ3v) is 2.05. The number of hydrogen-bond donors (Lipinski definition) is 0. The number of rotatable bonds is 8. The van der Waals surface area contributed by atoms with Crippen molar-refractivity contribution in [1.29, 1.82) is 0 Å². The van der Waals surface area contributed by atoms with E-state index in [-0.39, 0.29) is 77.4 Å². The molecule has 164 valence electrons. The van der Waals surface area contributed by atoms with Crippen LogP contribution in [-0.4, -0.2) is 84.6 Å². The Labute approximate surface area is 196 Å². The first kappa shape index (κ1) is 38.1. The molecule has 0 spiro atoms. The van der Waals surface area contributed by atoms with E-state index in [1.54, 1.807) is 55.4 Å². The summed E-state index contributed by atoms with van der Waals surface area (Å²) in [5, 5.41) is 0. The van der Waals surface area contributed by atoms with Crippen molar-refractivity contribution in [2.45, 2.75) is 81.1 Å². The molecule has 0 aromatic heterocycles. The largest absolute Gasteiger partial charge is 0.302 e. The van der Waals surface area contributed by atoms with Crippen LogP contribution >= 0.6 is 0 Å². The Balaban J connectivity index is -0.0000000873. The standard InChI is InChI=1S/4C5H8O2.U/c4*1-4(6)3-5(2)7;/h4*3H2,1-2H3;/p+8. The van der Waals surface area contributed by atoms with Gasteiger partial charge in [-0.2, -0.15) is 0 Å². The fraction of sp³-hybridized carbons (Fsp3) is 0.600. The summed E-state index contributed by atoms with van der Waals surface area (Å²) in [6.07, 6.45) is 1.22. The molecule has 0 rings (SSSR count). The van der Waals surface area contributed by atoms with Gasteiger partial charge in [0.15, 0.2) is 25.7 Å². The smallest absolute Gasteiger partial charge is 0.283 e. The summed E-state index contributed by atoms with van der Waals surface area (Å²) in [5.41, 5.74) is 0. The maximum Gasteiger partial charge on any atom is 0.302 e. The second kappa shape index (κ2) is 24.4. The van der Waals surface area contributed by atoms with Gasteiger partial charge < -0.3 is 0 Å². The second-order valence-corrected chi connectivity index (χ2v) is 6.59. The predicted octanol–water partition coefficient (Wildman–Crippen LogP) is 2.02. The van der Waals surface area contributed by atoms with Gasteiger partial charge in [0.25, 0.3) is 0 Å². The molecule has 0 saturated heterocycles. The van der Waals surface area contributed by atoms with Crippen LogP contribution in [0.2, 0.25) is 0 Å². The van der Waals surface area contributed by atoms with Crippen LogP contribution in [0.3, 0.4) is 0 Å². The van der Waals surface area contributed by atoms with Crippen LogP contribution in [0.1, 0.15) is 81.1 Å². The van der Waals surface area contributed by atoms with Crippen molar-refractivity contribution in [1.82, 2.24) is 0 Å². The van der Waals surface area contributed by atoms with Crippen molar-refractivity contribution in [2.75, 3.05) is 0 Å². The van der Waals surface area contributed by atoms with E-state index < -0.39 is 0 Å². The molecule has 0 radical (unpaired) electrons. The molecule has 29 heavy (non-hydrogen) atoms. The van der Waals surface area contributed by atoms with Gasteiger partial charge in [0.2, 0.25) is 0 Å². The van der Waals surface area contributed by atoms with Crippen LogP contribution in [-0.2, 0) is 0 Å². The quantitative estimate of drug-likeness (QED) is 0.278. The summed E-state index contributed by atoms with van der Waals surface area (Å²) < 4.78 is 0. The fourth-order valence-corrected chi connectivity index (χ4v) is 1.48. The summed E-state index contributed by atoms with van der Waals surface area (Å²) in [7, 11) is 0. The SMILES string of the molecule is CC(=[OH+])CC(C)=[OH+].CC(=[OH+])CC(C)=[OH+].CC(=[OH+])CC(C)=[OH+].CC(=[OH+])CC(C)=[OH+].[U]. The van der Waals surface area contributed by atoms with Crippen molar-refractivity contribution < 1.29 is 69.5 Å². The van der Waals surface area contributed by atoms with Crippen LogP contribution < -0.4 is 0 Å². The van der Waals surface area contributed by atoms with Crippen LogP contribution in [0.4, 0.5) is 0 Å². The van der Waals surface area contributed by atoms with E-state index in [0.717, 1.165) is 0 Å². The average Bonchev–Trinajstić information content (AvgIpc) is 2.32. The van der Waals surface area contributed by atoms with E-state index >= 15 is 0 Å². The molecule has 0 aliphatic heterocycles. The first-order chi connectivity index (χ1) is 12.5. The first-order valence-electron chi connectivity index (χ1n) is 8.62. The molecule has 0 aromatic rings. The van der Waals surface area contributed by atoms with E-state index in [1.165, 1.54) is 0 Å². The molecule has 0 aliphatic carbocycles. The summed E-state index contributed by atoms with van der Waals surface area (Å²) in [5.74, 6) is 2.00. The van der Waals surface area contributed by atoms with Crippen LogP contribution in [0.15, 0.2) is 0 Å². The molecular formula is C20H40O8U+8. The molecule has 0 atom stereocenters. The third kappa shape index (κ3) is 75.8. The minimum absolute atomic E-state index is 0. The summed E-state index contributed by atoms with van der Waals surface area (Å²) in [6, 6.07) is 0. The monoisotopic (exact) mass is 646 g/mol. The minimum Gasteiger partial charge on any atom is -0.283 e. The summed E-state index contributed by atoms with van der Waals surface area (Å²) in [6.45, 7) is 12.4. The fourth-order valence-electron chi connectivity index (χ4n) is 1.48. The molecule has 0 aliphatic rings. The first-order valence-corrected chi connectivity index (χ1v) is 8.62. The normalized spacial score (nSPS) is 8.00. The van der Waals surface area contributed by atoms with E-state index in [4.69, 9.17) is 38.4 Å². The van der Waals surface area contributed by atoms with Gasteiger partial charge in [-0.05, 0) is 0 Å². The van der Waals surface area contributed by atoms with Gasteiger partial charge >= 0.3 is 46.3 Å². The molecular weight excluding hydrogens is 606 g/mol. The topological polar surface area (TPSA) is 171 Å². The van der Waals surface area contributed by atoms with E-state index in [1.807, 2.05) is 0 Å². The van der Waals surface area contributed by atoms with Crippen LogP contribution in [0.25, 0.3) is 0 Å². The molecule has 8 nitrogen and oxygen atoms in total. The second-order valence-electron chi connectivity index (χ2n) is 6.59. The Morgan fingerprint density at radius 3 is 0.379 bits per heavy atom. The Morgan fingerprint density at radius 1 is 0.310 bits per heavy atom. The van der Waals surface area contributed by atoms with Crippen LogP contribution in [0.5, 0.6) is 0 Å². The zero-order chi connectivity index (χ0) is 23.4. The minimum atomic E-state index is 0. The Bertz CT molecular complexity index is 439. The van der Waals surface area contributed by atoms with Gasteiger partial charge in [0.1, 0.15) is 0 Å². The molecule has 0 unspecified atom stereocenters. The van der Waals surface area contributed by atoms with Gasteiger partial charge in [0.05, 0.1) is 0 Å². The van der Waals surface area contributed by atoms with Crippen molar-refractivity contribution in [3.63, 3.8) is 0 Å². The maximum absolute atomic E-state index is 8.46. The Kier molecular flexibility index (Phi) is 32.1. The summed E-state index contributed by atoms with van der Waals surface area (Å²) >= 11 is 0. The van der Waals surface area contributed by atoms with Crippen molar-refractivity contribution >= 4 is 46.3 Å². The molecule has 0 amide bonds. The van der Waals surface area contributed by atoms with Gasteiger partial charge in [-0.25, -0.2) is 0 Å². The molecule has 0 bridgehead atoms. The van der Waals surface area contributed by atoms with Gasteiger partial charge in [-0.1, -0.05) is 0 Å². The van der Waals surface area contributed by atoms with Gasteiger partial charge in [0, 0.05) is 86.5 Å². The molecule has 0 aromatic carbocycles. The number of hydrogen-bond acceptors (Lipinski definition) is 0. The van der Waals surface area contributed by atoms with Crippen molar-refractivity contribution in [3.8, 4) is 0 Å². The maximum atomic E-state index is 8.46. The molecule has 9 heteroatoms. The van der Waals surface area contributed by atoms with E-state index in [2.05, 4.69) is 0 Å². The molecule has 8 N–H and O–H groups in total. The van der Waals surface area contributed by atoms with Crippen molar-refractivity contribution in [2.24, 2.45) is 0 Å². The van der Waals surface area contributed by atoms with E-state index in [0.29, 0.717) is 25.7 Å². The van der Waals surface area contributed by atoms with E-state index in [9.17, 15) is 0 Å². The molecule has 0 fully saturated rings. The van der Waals surface area contributed by atoms with Gasteiger partial charge in [-0.3, -0.25) is 38.4 Å². The summed E-state index contributed by atoms with van der Waals surface area (Å²) in [4.78, 5) is 67.7. The number of ketones is 8. The molecule has 0 saturated carbocycles. The molecule has 0 heterocycles.